The molecule has 3 rings (SSSR count). The fourth-order valence-electron chi connectivity index (χ4n) is 3.36. The molecule has 0 saturated carbocycles. The van der Waals surface area contributed by atoms with E-state index in [0.29, 0.717) is 17.6 Å². The van der Waals surface area contributed by atoms with E-state index in [1.165, 1.54) is 19.1 Å². The average Bonchev–Trinajstić information content (AvgIpc) is 3.24. The third-order valence-corrected chi connectivity index (χ3v) is 5.49. The van der Waals surface area contributed by atoms with E-state index in [0.717, 1.165) is 28.8 Å². The van der Waals surface area contributed by atoms with Gasteiger partial charge in [0.05, 0.1) is 0 Å². The predicted octanol–water partition coefficient (Wildman–Crippen LogP) is 11.4. The van der Waals surface area contributed by atoms with Crippen LogP contribution in [0.3, 0.4) is 0 Å². The number of alkyl halides is 3. The molecular formula is C37H54F3NO4. The van der Waals surface area contributed by atoms with E-state index in [9.17, 15) is 18.0 Å². The second-order valence-corrected chi connectivity index (χ2v) is 8.62. The molecule has 0 aliphatic heterocycles. The Morgan fingerprint density at radius 2 is 1.49 bits per heavy atom. The molecule has 0 bridgehead atoms. The molecule has 1 heterocycles. The number of aromatic nitrogens is 1. The van der Waals surface area contributed by atoms with Gasteiger partial charge in [-0.15, -0.1) is 32.9 Å². The number of halogens is 3. The van der Waals surface area contributed by atoms with Gasteiger partial charge < -0.3 is 19.1 Å². The number of hydrogen-bond donors (Lipinski definition) is 1. The molecule has 0 radical (unpaired) electrons. The minimum Gasteiger partial charge on any atom is -0.479 e. The van der Waals surface area contributed by atoms with Gasteiger partial charge in [0.25, 0.3) is 0 Å². The molecule has 0 spiro atoms. The molecule has 0 aliphatic rings. The van der Waals surface area contributed by atoms with Crippen LogP contribution in [-0.4, -0.2) is 28.1 Å². The smallest absolute Gasteiger partial charge is 0.479 e. The maximum absolute atomic E-state index is 12.6. The van der Waals surface area contributed by atoms with E-state index < -0.39 is 18.4 Å². The number of benzene rings is 2. The van der Waals surface area contributed by atoms with Crippen molar-refractivity contribution in [2.24, 2.45) is 7.05 Å². The number of rotatable bonds is 8. The number of carboxylic acids is 1. The first kappa shape index (κ1) is 45.2. The maximum Gasteiger partial charge on any atom is 0.573 e. The van der Waals surface area contributed by atoms with Crippen LogP contribution in [0.1, 0.15) is 78.6 Å². The number of fused-ring (bicyclic) bond motifs is 1. The normalized spacial score (nSPS) is 10.3. The van der Waals surface area contributed by atoms with Gasteiger partial charge in [0.2, 0.25) is 0 Å². The van der Waals surface area contributed by atoms with Crippen molar-refractivity contribution in [1.29, 1.82) is 0 Å². The first-order chi connectivity index (χ1) is 21.3. The Morgan fingerprint density at radius 1 is 0.978 bits per heavy atom. The van der Waals surface area contributed by atoms with Crippen LogP contribution in [0.25, 0.3) is 10.9 Å². The van der Waals surface area contributed by atoms with Crippen molar-refractivity contribution >= 4 is 16.9 Å². The van der Waals surface area contributed by atoms with Crippen LogP contribution in [0.2, 0.25) is 0 Å². The topological polar surface area (TPSA) is 60.7 Å². The molecule has 0 fully saturated rings. The van der Waals surface area contributed by atoms with Gasteiger partial charge in [0.1, 0.15) is 11.5 Å². The number of allylic oxidation sites excluding steroid dienone is 5. The van der Waals surface area contributed by atoms with Gasteiger partial charge in [-0.05, 0) is 76.4 Å². The Morgan fingerprint density at radius 3 is 1.91 bits per heavy atom. The Kier molecular flexibility index (Phi) is 26.4. The molecule has 1 unspecified atom stereocenters. The van der Waals surface area contributed by atoms with Crippen LogP contribution in [0, 0.1) is 6.92 Å². The minimum absolute atomic E-state index is 0.291. The van der Waals surface area contributed by atoms with Gasteiger partial charge in [0, 0.05) is 30.1 Å². The summed E-state index contributed by atoms with van der Waals surface area (Å²) in [7, 11) is 1.83. The van der Waals surface area contributed by atoms with Crippen LogP contribution in [0.5, 0.6) is 11.5 Å². The summed E-state index contributed by atoms with van der Waals surface area (Å²) in [4.78, 5) is 11.1. The van der Waals surface area contributed by atoms with E-state index >= 15 is 0 Å². The lowest BCUT2D eigenvalue weighted by Gasteiger charge is -2.15. The number of carbonyl (C=O) groups is 1. The molecule has 0 amide bonds. The fourth-order valence-corrected chi connectivity index (χ4v) is 3.36. The standard InChI is InChI=1S/C21H20F3NO4.C5H8.C4H8.C3H6.2C2H6/c1-12-16(10-14-6-4-5-7-19(14)28-13(2)20(26)27)17-11-15(29-21(22,23)24)8-9-18(17)25(12)3;1-3-5-4-2;1-3-4-2;1-3-2;2*1-2/h4-9,11,13H,10H2,1-3H3,(H,26,27);3-4H,1-2,5H2;3-4H,1-2H3;3H,1H2,2H3;2*1-2H3/b;;4-3+;;;. The van der Waals surface area contributed by atoms with Crippen LogP contribution < -0.4 is 9.47 Å². The molecule has 2 aromatic carbocycles. The summed E-state index contributed by atoms with van der Waals surface area (Å²) in [6.07, 6.45) is 4.85. The minimum atomic E-state index is -4.77. The monoisotopic (exact) mass is 633 g/mol. The molecular weight excluding hydrogens is 579 g/mol. The highest BCUT2D eigenvalue weighted by molar-refractivity contribution is 5.87. The fraction of sp³-hybridized carbons (Fsp3) is 0.378. The van der Waals surface area contributed by atoms with Gasteiger partial charge in [-0.1, -0.05) is 76.3 Å². The summed E-state index contributed by atoms with van der Waals surface area (Å²) >= 11 is 0. The summed E-state index contributed by atoms with van der Waals surface area (Å²) in [5, 5.41) is 9.73. The zero-order valence-corrected chi connectivity index (χ0v) is 28.8. The van der Waals surface area contributed by atoms with Crippen molar-refractivity contribution < 1.29 is 32.5 Å². The number of aryl methyl sites for hydroxylation is 1. The van der Waals surface area contributed by atoms with Crippen LogP contribution >= 0.6 is 0 Å². The number of para-hydroxylation sites is 1. The number of nitrogens with zero attached hydrogens (tertiary/aromatic N) is 1. The summed E-state index contributed by atoms with van der Waals surface area (Å²) < 4.78 is 49.4. The van der Waals surface area contributed by atoms with E-state index in [1.54, 1.807) is 36.4 Å². The Hall–Kier alpha value is -4.20. The molecule has 0 saturated heterocycles. The summed E-state index contributed by atoms with van der Waals surface area (Å²) in [5.41, 5.74) is 3.20. The molecule has 1 atom stereocenters. The third-order valence-electron chi connectivity index (χ3n) is 5.49. The molecule has 3 aromatic rings. The third kappa shape index (κ3) is 18.3. The highest BCUT2D eigenvalue weighted by Gasteiger charge is 2.31. The Balaban J connectivity index is -0.000000926. The molecule has 252 valence electrons. The number of hydrogen-bond acceptors (Lipinski definition) is 3. The quantitative estimate of drug-likeness (QED) is 0.251. The lowest BCUT2D eigenvalue weighted by atomic mass is 10.0. The van der Waals surface area contributed by atoms with Crippen LogP contribution in [-0.2, 0) is 18.3 Å². The van der Waals surface area contributed by atoms with Crippen molar-refractivity contribution in [3.63, 3.8) is 0 Å². The summed E-state index contributed by atoms with van der Waals surface area (Å²) in [6, 6.07) is 11.2. The molecule has 45 heavy (non-hydrogen) atoms. The second-order valence-electron chi connectivity index (χ2n) is 8.62. The van der Waals surface area contributed by atoms with Crippen molar-refractivity contribution in [1.82, 2.24) is 4.57 Å². The highest BCUT2D eigenvalue weighted by atomic mass is 19.4. The Labute approximate surface area is 269 Å². The van der Waals surface area contributed by atoms with Crippen LogP contribution in [0.15, 0.2) is 92.6 Å². The van der Waals surface area contributed by atoms with E-state index in [4.69, 9.17) is 9.84 Å². The maximum atomic E-state index is 12.6. The largest absolute Gasteiger partial charge is 0.573 e. The first-order valence-corrected chi connectivity index (χ1v) is 15.0. The van der Waals surface area contributed by atoms with Gasteiger partial charge in [-0.25, -0.2) is 4.79 Å². The average molecular weight is 634 g/mol. The predicted molar refractivity (Wildman–Crippen MR) is 185 cm³/mol. The summed E-state index contributed by atoms with van der Waals surface area (Å²) in [5.74, 6) is -0.961. The first-order valence-electron chi connectivity index (χ1n) is 15.0. The van der Waals surface area contributed by atoms with E-state index in [-0.39, 0.29) is 5.75 Å². The van der Waals surface area contributed by atoms with Gasteiger partial charge in [-0.2, -0.15) is 0 Å². The number of carboxylic acid groups (broad SMARTS) is 1. The van der Waals surface area contributed by atoms with Crippen LogP contribution in [0.4, 0.5) is 13.2 Å². The number of aliphatic carboxylic acids is 1. The van der Waals surface area contributed by atoms with Crippen molar-refractivity contribution in [3.8, 4) is 11.5 Å². The van der Waals surface area contributed by atoms with Gasteiger partial charge in [-0.3, -0.25) is 0 Å². The number of ether oxygens (including phenoxy) is 2. The van der Waals surface area contributed by atoms with Crippen molar-refractivity contribution in [3.05, 3.63) is 109 Å². The SMILES string of the molecule is C/C=C/C.C=CC.C=CCC=C.CC.CC.Cc1c(Cc2ccccc2OC(C)C(=O)O)c2cc(OC(F)(F)F)ccc2n1C. The molecule has 1 aromatic heterocycles. The van der Waals surface area contributed by atoms with E-state index in [1.807, 2.05) is 91.3 Å². The van der Waals surface area contributed by atoms with Gasteiger partial charge >= 0.3 is 12.3 Å². The zero-order valence-electron chi connectivity index (χ0n) is 28.8. The van der Waals surface area contributed by atoms with Gasteiger partial charge in [0.15, 0.2) is 6.10 Å². The summed E-state index contributed by atoms with van der Waals surface area (Å²) in [6.45, 7) is 27.5. The lowest BCUT2D eigenvalue weighted by Crippen LogP contribution is -2.23. The van der Waals surface area contributed by atoms with Crippen molar-refractivity contribution in [2.75, 3.05) is 0 Å². The molecule has 5 nitrogen and oxygen atoms in total. The lowest BCUT2D eigenvalue weighted by molar-refractivity contribution is -0.274. The molecule has 8 heteroatoms. The second kappa shape index (κ2) is 26.2. The molecule has 1 N–H and O–H groups in total. The molecule has 0 aliphatic carbocycles. The van der Waals surface area contributed by atoms with Crippen molar-refractivity contribution in [2.45, 2.75) is 87.6 Å². The highest BCUT2D eigenvalue weighted by Crippen LogP contribution is 2.34. The Bertz CT molecular complexity index is 1280. The van der Waals surface area contributed by atoms with E-state index in [2.05, 4.69) is 24.5 Å². The zero-order chi connectivity index (χ0) is 35.6.